The molecule has 4 nitrogen and oxygen atoms in total. The van der Waals surface area contributed by atoms with Crippen molar-refractivity contribution in [2.75, 3.05) is 18.8 Å². The van der Waals surface area contributed by atoms with E-state index in [2.05, 4.69) is 30.8 Å². The van der Waals surface area contributed by atoms with Crippen molar-refractivity contribution in [3.8, 4) is 0 Å². The minimum atomic E-state index is -3.07. The second-order valence-corrected chi connectivity index (χ2v) is 7.37. The van der Waals surface area contributed by atoms with E-state index < -0.39 is 10.0 Å². The molecule has 1 aliphatic rings. The van der Waals surface area contributed by atoms with Gasteiger partial charge in [-0.2, -0.15) is 0 Å². The topological polar surface area (TPSA) is 58.2 Å². The van der Waals surface area contributed by atoms with Gasteiger partial charge in [0.25, 0.3) is 0 Å². The highest BCUT2D eigenvalue weighted by Crippen LogP contribution is 2.36. The monoisotopic (exact) mass is 262 g/mol. The maximum Gasteiger partial charge on any atom is 0.211 e. The third-order valence-electron chi connectivity index (χ3n) is 3.19. The Morgan fingerprint density at radius 2 is 1.88 bits per heavy atom. The van der Waals surface area contributed by atoms with Crippen LogP contribution in [0.2, 0.25) is 0 Å². The van der Waals surface area contributed by atoms with Crippen LogP contribution in [0.1, 0.15) is 40.0 Å². The molecule has 0 saturated heterocycles. The third kappa shape index (κ3) is 7.01. The van der Waals surface area contributed by atoms with Gasteiger partial charge in [-0.15, -0.1) is 0 Å². The quantitative estimate of drug-likeness (QED) is 0.617. The van der Waals surface area contributed by atoms with Gasteiger partial charge in [0.15, 0.2) is 0 Å². The van der Waals surface area contributed by atoms with Crippen molar-refractivity contribution in [2.45, 2.75) is 46.1 Å². The lowest BCUT2D eigenvalue weighted by Crippen LogP contribution is -2.33. The highest BCUT2D eigenvalue weighted by Gasteiger charge is 2.28. The summed E-state index contributed by atoms with van der Waals surface area (Å²) in [5.74, 6) is 1.46. The Labute approximate surface area is 106 Å². The third-order valence-corrected chi connectivity index (χ3v) is 4.63. The van der Waals surface area contributed by atoms with Gasteiger partial charge in [0.05, 0.1) is 5.75 Å². The fourth-order valence-electron chi connectivity index (χ4n) is 1.82. The molecule has 0 bridgehead atoms. The smallest absolute Gasteiger partial charge is 0.211 e. The van der Waals surface area contributed by atoms with Gasteiger partial charge in [-0.1, -0.05) is 20.8 Å². The molecule has 0 heterocycles. The lowest BCUT2D eigenvalue weighted by atomic mass is 10.1. The standard InChI is InChI=1S/C12H26N2O2S/c1-10(2)13-7-4-8-17(15,16)14-9-11(3)12-5-6-12/h10-14H,4-9H2,1-3H3. The first-order valence-electron chi connectivity index (χ1n) is 6.61. The van der Waals surface area contributed by atoms with Gasteiger partial charge in [-0.25, -0.2) is 13.1 Å². The van der Waals surface area contributed by atoms with E-state index in [4.69, 9.17) is 0 Å². The average Bonchev–Trinajstić information content (AvgIpc) is 3.04. The first-order valence-corrected chi connectivity index (χ1v) is 8.26. The van der Waals surface area contributed by atoms with Crippen LogP contribution in [0.15, 0.2) is 0 Å². The normalized spacial score (nSPS) is 18.6. The van der Waals surface area contributed by atoms with Crippen LogP contribution in [0.5, 0.6) is 0 Å². The van der Waals surface area contributed by atoms with Gasteiger partial charge in [0.1, 0.15) is 0 Å². The van der Waals surface area contributed by atoms with Crippen molar-refractivity contribution in [1.82, 2.24) is 10.0 Å². The SMILES string of the molecule is CC(C)NCCCS(=O)(=O)NCC(C)C1CC1. The molecule has 2 N–H and O–H groups in total. The number of nitrogens with one attached hydrogen (secondary N) is 2. The fourth-order valence-corrected chi connectivity index (χ4v) is 3.00. The maximum absolute atomic E-state index is 11.7. The van der Waals surface area contributed by atoms with Crippen LogP contribution in [0.3, 0.4) is 0 Å². The van der Waals surface area contributed by atoms with Crippen molar-refractivity contribution < 1.29 is 8.42 Å². The lowest BCUT2D eigenvalue weighted by molar-refractivity contribution is 0.490. The van der Waals surface area contributed by atoms with E-state index in [0.29, 0.717) is 24.9 Å². The summed E-state index contributed by atoms with van der Waals surface area (Å²) in [6.07, 6.45) is 3.20. The van der Waals surface area contributed by atoms with E-state index >= 15 is 0 Å². The first kappa shape index (κ1) is 14.9. The predicted octanol–water partition coefficient (Wildman–Crippen LogP) is 1.34. The van der Waals surface area contributed by atoms with E-state index in [9.17, 15) is 8.42 Å². The van der Waals surface area contributed by atoms with Crippen molar-refractivity contribution in [2.24, 2.45) is 11.8 Å². The molecule has 0 amide bonds. The minimum absolute atomic E-state index is 0.226. The Morgan fingerprint density at radius 1 is 1.24 bits per heavy atom. The molecule has 0 spiro atoms. The number of hydrogen-bond donors (Lipinski definition) is 2. The summed E-state index contributed by atoms with van der Waals surface area (Å²) < 4.78 is 26.1. The molecule has 0 aromatic rings. The zero-order valence-electron chi connectivity index (χ0n) is 11.2. The first-order chi connectivity index (χ1) is 7.91. The molecule has 0 radical (unpaired) electrons. The van der Waals surface area contributed by atoms with Gasteiger partial charge in [-0.3, -0.25) is 0 Å². The molecule has 5 heteroatoms. The maximum atomic E-state index is 11.7. The second-order valence-electron chi connectivity index (χ2n) is 5.44. The molecule has 1 unspecified atom stereocenters. The average molecular weight is 262 g/mol. The Hall–Kier alpha value is -0.130. The van der Waals surface area contributed by atoms with E-state index in [1.165, 1.54) is 12.8 Å². The zero-order chi connectivity index (χ0) is 12.9. The predicted molar refractivity (Wildman–Crippen MR) is 71.4 cm³/mol. The molecule has 1 saturated carbocycles. The van der Waals surface area contributed by atoms with Crippen molar-refractivity contribution >= 4 is 10.0 Å². The largest absolute Gasteiger partial charge is 0.314 e. The molecule has 102 valence electrons. The molecule has 17 heavy (non-hydrogen) atoms. The molecule has 1 fully saturated rings. The van der Waals surface area contributed by atoms with Crippen LogP contribution >= 0.6 is 0 Å². The zero-order valence-corrected chi connectivity index (χ0v) is 12.0. The molecule has 0 aromatic carbocycles. The number of rotatable bonds is 9. The molecule has 0 aliphatic heterocycles. The summed E-state index contributed by atoms with van der Waals surface area (Å²) in [6, 6.07) is 0.417. The highest BCUT2D eigenvalue weighted by molar-refractivity contribution is 7.89. The highest BCUT2D eigenvalue weighted by atomic mass is 32.2. The Bertz CT molecular complexity index is 310. The molecular weight excluding hydrogens is 236 g/mol. The summed E-state index contributed by atoms with van der Waals surface area (Å²) in [5, 5.41) is 3.22. The molecule has 1 rings (SSSR count). The van der Waals surface area contributed by atoms with Gasteiger partial charge < -0.3 is 5.32 Å². The van der Waals surface area contributed by atoms with Gasteiger partial charge in [-0.05, 0) is 37.6 Å². The summed E-state index contributed by atoms with van der Waals surface area (Å²) in [4.78, 5) is 0. The number of sulfonamides is 1. The van der Waals surface area contributed by atoms with Crippen LogP contribution in [-0.4, -0.2) is 33.3 Å². The van der Waals surface area contributed by atoms with E-state index in [0.717, 1.165) is 12.5 Å². The Morgan fingerprint density at radius 3 is 2.41 bits per heavy atom. The molecule has 1 atom stereocenters. The van der Waals surface area contributed by atoms with Gasteiger partial charge in [0.2, 0.25) is 10.0 Å². The van der Waals surface area contributed by atoms with Crippen molar-refractivity contribution in [3.63, 3.8) is 0 Å². The van der Waals surface area contributed by atoms with Crippen LogP contribution in [0, 0.1) is 11.8 Å². The van der Waals surface area contributed by atoms with Crippen LogP contribution in [0.25, 0.3) is 0 Å². The van der Waals surface area contributed by atoms with E-state index in [1.54, 1.807) is 0 Å². The molecule has 1 aliphatic carbocycles. The van der Waals surface area contributed by atoms with E-state index in [-0.39, 0.29) is 5.75 Å². The summed E-state index contributed by atoms with van der Waals surface area (Å²) in [7, 11) is -3.07. The summed E-state index contributed by atoms with van der Waals surface area (Å²) in [5.41, 5.74) is 0. The minimum Gasteiger partial charge on any atom is -0.314 e. The van der Waals surface area contributed by atoms with Gasteiger partial charge >= 0.3 is 0 Å². The molecular formula is C12H26N2O2S. The second kappa shape index (κ2) is 6.71. The van der Waals surface area contributed by atoms with Crippen molar-refractivity contribution in [1.29, 1.82) is 0 Å². The van der Waals surface area contributed by atoms with E-state index in [1.807, 2.05) is 0 Å². The summed E-state index contributed by atoms with van der Waals surface area (Å²) >= 11 is 0. The van der Waals surface area contributed by atoms with Crippen LogP contribution in [0.4, 0.5) is 0 Å². The molecule has 0 aromatic heterocycles. The van der Waals surface area contributed by atoms with Gasteiger partial charge in [0, 0.05) is 12.6 Å². The lowest BCUT2D eigenvalue weighted by Gasteiger charge is -2.12. The van der Waals surface area contributed by atoms with Crippen LogP contribution < -0.4 is 10.0 Å². The van der Waals surface area contributed by atoms with Crippen LogP contribution in [-0.2, 0) is 10.0 Å². The van der Waals surface area contributed by atoms with Crippen molar-refractivity contribution in [3.05, 3.63) is 0 Å². The fraction of sp³-hybridized carbons (Fsp3) is 1.00. The Kier molecular flexibility index (Phi) is 5.89. The Balaban J connectivity index is 2.12. The summed E-state index contributed by atoms with van der Waals surface area (Å²) in [6.45, 7) is 7.61. The number of hydrogen-bond acceptors (Lipinski definition) is 3.